The summed E-state index contributed by atoms with van der Waals surface area (Å²) in [6.07, 6.45) is 0. The van der Waals surface area contributed by atoms with Crippen molar-refractivity contribution in [3.05, 3.63) is 0 Å². The second kappa shape index (κ2) is 4.87. The summed E-state index contributed by atoms with van der Waals surface area (Å²) < 4.78 is 2.07. The lowest BCUT2D eigenvalue weighted by Gasteiger charge is -2.35. The number of hydrogen-bond acceptors (Lipinski definition) is 1. The first-order valence-corrected chi connectivity index (χ1v) is 4.25. The van der Waals surface area contributed by atoms with E-state index >= 15 is 0 Å². The van der Waals surface area contributed by atoms with Crippen LogP contribution < -0.4 is 12.4 Å². The van der Waals surface area contributed by atoms with E-state index in [9.17, 15) is 0 Å². The Morgan fingerprint density at radius 1 is 1.17 bits per heavy atom. The topological polar surface area (TPSA) is 3.24 Å². The van der Waals surface area contributed by atoms with E-state index in [-0.39, 0.29) is 17.9 Å². The van der Waals surface area contributed by atoms with Crippen molar-refractivity contribution in [3.8, 4) is 0 Å². The average molecular weight is 236 g/mol. The molecule has 2 nitrogen and oxygen atoms in total. The maximum Gasteiger partial charge on any atom is 0.0988 e. The van der Waals surface area contributed by atoms with Gasteiger partial charge in [-0.25, -0.2) is 0 Å². The summed E-state index contributed by atoms with van der Waals surface area (Å²) in [6, 6.07) is 0. The standard InChI is InChI=1S/C7H17Cl2N2.ClH/c1-7(2,10(8)9)6-11(3,4)5;/h6H2,1-5H3;1H/q+1;/p-1. The molecule has 0 heterocycles. The number of rotatable bonds is 3. The van der Waals surface area contributed by atoms with Gasteiger partial charge in [0.1, 0.15) is 0 Å². The predicted molar refractivity (Wildman–Crippen MR) is 50.5 cm³/mol. The number of quaternary nitrogens is 1. The molecule has 0 spiro atoms. The highest BCUT2D eigenvalue weighted by Gasteiger charge is 2.30. The number of nitrogens with zero attached hydrogens (tertiary/aromatic N) is 2. The molecule has 12 heavy (non-hydrogen) atoms. The smallest absolute Gasteiger partial charge is 0.0988 e. The normalized spacial score (nSPS) is 13.0. The van der Waals surface area contributed by atoms with Gasteiger partial charge < -0.3 is 16.9 Å². The van der Waals surface area contributed by atoms with Gasteiger partial charge in [-0.2, -0.15) is 0 Å². The molecule has 0 saturated heterocycles. The molecule has 0 radical (unpaired) electrons. The SMILES string of the molecule is CC(C)(C[N+](C)(C)C)N(Cl)Cl.[Cl-]. The zero-order chi connectivity index (χ0) is 9.28. The molecule has 5 heteroatoms. The zero-order valence-electron chi connectivity index (χ0n) is 8.24. The van der Waals surface area contributed by atoms with Crippen LogP contribution in [-0.4, -0.2) is 41.6 Å². The van der Waals surface area contributed by atoms with Gasteiger partial charge in [0.2, 0.25) is 0 Å². The van der Waals surface area contributed by atoms with E-state index in [1.54, 1.807) is 0 Å². The fraction of sp³-hybridized carbons (Fsp3) is 1.00. The van der Waals surface area contributed by atoms with E-state index in [1.165, 1.54) is 3.94 Å². The Hall–Kier alpha value is 0.790. The lowest BCUT2D eigenvalue weighted by Crippen LogP contribution is -3.00. The highest BCUT2D eigenvalue weighted by atomic mass is 35.5. The first kappa shape index (κ1) is 15.3. The van der Waals surface area contributed by atoms with Crippen molar-refractivity contribution in [1.82, 2.24) is 3.94 Å². The van der Waals surface area contributed by atoms with Gasteiger partial charge in [-0.3, -0.25) is 0 Å². The summed E-state index contributed by atoms with van der Waals surface area (Å²) in [5.74, 6) is 0. The maximum atomic E-state index is 5.66. The Labute approximate surface area is 91.6 Å². The molecule has 0 amide bonds. The lowest BCUT2D eigenvalue weighted by molar-refractivity contribution is -0.874. The Kier molecular flexibility index (Phi) is 6.20. The third kappa shape index (κ3) is 6.32. The van der Waals surface area contributed by atoms with Crippen molar-refractivity contribution in [3.63, 3.8) is 0 Å². The van der Waals surface area contributed by atoms with Gasteiger partial charge in [0, 0.05) is 0 Å². The van der Waals surface area contributed by atoms with Crippen LogP contribution in [0.5, 0.6) is 0 Å². The summed E-state index contributed by atoms with van der Waals surface area (Å²) in [5.41, 5.74) is -0.179. The second-order valence-corrected chi connectivity index (χ2v) is 5.34. The minimum atomic E-state index is -0.179. The van der Waals surface area contributed by atoms with Crippen molar-refractivity contribution in [2.24, 2.45) is 0 Å². The molecule has 0 saturated carbocycles. The summed E-state index contributed by atoms with van der Waals surface area (Å²) in [7, 11) is 6.33. The van der Waals surface area contributed by atoms with Crippen LogP contribution in [0.25, 0.3) is 0 Å². The molecule has 0 aromatic heterocycles. The van der Waals surface area contributed by atoms with Crippen molar-refractivity contribution >= 4 is 23.6 Å². The largest absolute Gasteiger partial charge is 1.00 e. The average Bonchev–Trinajstić information content (AvgIpc) is 1.56. The molecule has 0 unspecified atom stereocenters. The van der Waals surface area contributed by atoms with E-state index in [0.717, 1.165) is 11.0 Å². The van der Waals surface area contributed by atoms with Crippen LogP contribution in [0.2, 0.25) is 0 Å². The van der Waals surface area contributed by atoms with Crippen LogP contribution in [0.4, 0.5) is 0 Å². The summed E-state index contributed by atoms with van der Waals surface area (Å²) >= 11 is 11.3. The molecule has 0 N–H and O–H groups in total. The maximum absolute atomic E-state index is 5.66. The molecule has 0 aliphatic carbocycles. The van der Waals surface area contributed by atoms with Crippen LogP contribution in [-0.2, 0) is 0 Å². The highest BCUT2D eigenvalue weighted by molar-refractivity contribution is 6.34. The van der Waals surface area contributed by atoms with E-state index in [1.807, 2.05) is 13.8 Å². The monoisotopic (exact) mass is 234 g/mol. The fourth-order valence-electron chi connectivity index (χ4n) is 1.21. The van der Waals surface area contributed by atoms with Crippen molar-refractivity contribution in [2.75, 3.05) is 27.7 Å². The number of halogens is 3. The Morgan fingerprint density at radius 3 is 1.58 bits per heavy atom. The van der Waals surface area contributed by atoms with E-state index in [4.69, 9.17) is 23.6 Å². The predicted octanol–water partition coefficient (Wildman–Crippen LogP) is -0.915. The molecule has 0 aliphatic rings. The van der Waals surface area contributed by atoms with Crippen molar-refractivity contribution in [2.45, 2.75) is 19.4 Å². The van der Waals surface area contributed by atoms with Crippen molar-refractivity contribution in [1.29, 1.82) is 0 Å². The molecule has 0 aliphatic heterocycles. The molecular weight excluding hydrogens is 218 g/mol. The van der Waals surface area contributed by atoms with Gasteiger partial charge in [0.25, 0.3) is 0 Å². The minimum Gasteiger partial charge on any atom is -1.00 e. The quantitative estimate of drug-likeness (QED) is 0.452. The molecule has 0 atom stereocenters. The van der Waals surface area contributed by atoms with Gasteiger partial charge in [-0.1, -0.05) is 0 Å². The first-order chi connectivity index (χ1) is 4.65. The Bertz CT molecular complexity index is 129. The molecule has 76 valence electrons. The molecule has 0 aromatic carbocycles. The summed E-state index contributed by atoms with van der Waals surface area (Å²) in [5, 5.41) is 0. The van der Waals surface area contributed by atoms with E-state index in [2.05, 4.69) is 21.1 Å². The van der Waals surface area contributed by atoms with Crippen LogP contribution in [0.1, 0.15) is 13.8 Å². The first-order valence-electron chi connectivity index (χ1n) is 3.57. The summed E-state index contributed by atoms with van der Waals surface area (Å²) in [4.78, 5) is 0. The molecule has 0 fully saturated rings. The molecule has 0 bridgehead atoms. The lowest BCUT2D eigenvalue weighted by atomic mass is 10.1. The second-order valence-electron chi connectivity index (χ2n) is 4.49. The van der Waals surface area contributed by atoms with Gasteiger partial charge in [-0.15, -0.1) is 3.94 Å². The fourth-order valence-corrected chi connectivity index (χ4v) is 1.32. The van der Waals surface area contributed by atoms with Crippen LogP contribution in [0, 0.1) is 0 Å². The van der Waals surface area contributed by atoms with Crippen LogP contribution in [0.15, 0.2) is 0 Å². The molecular formula is C7H17Cl3N2. The zero-order valence-corrected chi connectivity index (χ0v) is 10.5. The van der Waals surface area contributed by atoms with Gasteiger partial charge in [-0.05, 0) is 37.4 Å². The highest BCUT2D eigenvalue weighted by Crippen LogP contribution is 2.21. The minimum absolute atomic E-state index is 0. The Balaban J connectivity index is 0. The summed E-state index contributed by atoms with van der Waals surface area (Å²) in [6.45, 7) is 4.92. The molecule has 0 aromatic rings. The third-order valence-corrected chi connectivity index (χ3v) is 2.23. The number of hydrogen-bond donors (Lipinski definition) is 0. The Morgan fingerprint density at radius 2 is 1.50 bits per heavy atom. The van der Waals surface area contributed by atoms with Crippen LogP contribution >= 0.6 is 23.6 Å². The van der Waals surface area contributed by atoms with Gasteiger partial charge in [0.15, 0.2) is 0 Å². The van der Waals surface area contributed by atoms with E-state index < -0.39 is 0 Å². The van der Waals surface area contributed by atoms with Gasteiger partial charge >= 0.3 is 0 Å². The van der Waals surface area contributed by atoms with E-state index in [0.29, 0.717) is 0 Å². The van der Waals surface area contributed by atoms with Gasteiger partial charge in [0.05, 0.1) is 33.2 Å². The third-order valence-electron chi connectivity index (χ3n) is 1.32. The molecule has 0 rings (SSSR count). The van der Waals surface area contributed by atoms with Crippen molar-refractivity contribution < 1.29 is 16.9 Å². The van der Waals surface area contributed by atoms with Crippen LogP contribution in [0.3, 0.4) is 0 Å². The number of likely N-dealkylation sites (N-methyl/N-ethyl adjacent to an activating group) is 1.